The van der Waals surface area contributed by atoms with Crippen molar-refractivity contribution in [2.24, 2.45) is 0 Å². The molecule has 0 radical (unpaired) electrons. The molecule has 0 aliphatic carbocycles. The molecule has 0 fully saturated rings. The maximum Gasteiger partial charge on any atom is 0.295 e. The van der Waals surface area contributed by atoms with Crippen LogP contribution in [-0.4, -0.2) is 20.7 Å². The van der Waals surface area contributed by atoms with Crippen molar-refractivity contribution >= 4 is 50.7 Å². The first kappa shape index (κ1) is 21.6. The summed E-state index contributed by atoms with van der Waals surface area (Å²) in [7, 11) is 0. The molecule has 3 aromatic carbocycles. The minimum Gasteiger partial charge on any atom is -0.319 e. The Hall–Kier alpha value is -2.67. The third-order valence-electron chi connectivity index (χ3n) is 4.83. The Bertz CT molecular complexity index is 1290. The van der Waals surface area contributed by atoms with Gasteiger partial charge in [0.25, 0.3) is 5.91 Å². The van der Waals surface area contributed by atoms with E-state index in [0.29, 0.717) is 21.6 Å². The second-order valence-electron chi connectivity index (χ2n) is 6.98. The third-order valence-corrected chi connectivity index (χ3v) is 6.00. The van der Waals surface area contributed by atoms with Gasteiger partial charge in [-0.3, -0.25) is 4.79 Å². The molecule has 1 amide bonds. The van der Waals surface area contributed by atoms with Crippen LogP contribution in [0, 0.1) is 13.8 Å². The zero-order valence-corrected chi connectivity index (χ0v) is 19.8. The van der Waals surface area contributed by atoms with Gasteiger partial charge in [0.05, 0.1) is 5.69 Å². The zero-order valence-electron chi connectivity index (χ0n) is 16.7. The summed E-state index contributed by atoms with van der Waals surface area (Å²) in [5.74, 6) is 0.143. The van der Waals surface area contributed by atoms with Crippen LogP contribution in [0.5, 0.6) is 0 Å². The molecule has 0 saturated heterocycles. The van der Waals surface area contributed by atoms with Gasteiger partial charge in [0.15, 0.2) is 5.82 Å². The maximum atomic E-state index is 13.0. The molecule has 0 spiro atoms. The largest absolute Gasteiger partial charge is 0.319 e. The maximum absolute atomic E-state index is 13.0. The molecule has 31 heavy (non-hydrogen) atoms. The lowest BCUT2D eigenvalue weighted by Gasteiger charge is -2.09. The third kappa shape index (κ3) is 4.51. The first-order valence-corrected chi connectivity index (χ1v) is 10.9. The van der Waals surface area contributed by atoms with Gasteiger partial charge in [0.2, 0.25) is 5.82 Å². The molecule has 0 aliphatic rings. The fraction of sp³-hybridized carbons (Fsp3) is 0.0870. The predicted octanol–water partition coefficient (Wildman–Crippen LogP) is 6.87. The lowest BCUT2D eigenvalue weighted by Crippen LogP contribution is -2.15. The van der Waals surface area contributed by atoms with E-state index in [4.69, 9.17) is 23.2 Å². The Labute approximate surface area is 198 Å². The smallest absolute Gasteiger partial charge is 0.295 e. The molecular weight excluding hydrogens is 499 g/mol. The fourth-order valence-electron chi connectivity index (χ4n) is 3.09. The molecule has 0 unspecified atom stereocenters. The van der Waals surface area contributed by atoms with Crippen LogP contribution in [0.25, 0.3) is 17.1 Å². The summed E-state index contributed by atoms with van der Waals surface area (Å²) in [6, 6.07) is 18.5. The summed E-state index contributed by atoms with van der Waals surface area (Å²) < 4.78 is 2.58. The number of nitrogens with one attached hydrogen (secondary N) is 1. The molecule has 0 atom stereocenters. The van der Waals surface area contributed by atoms with Crippen molar-refractivity contribution in [2.75, 3.05) is 5.32 Å². The summed E-state index contributed by atoms with van der Waals surface area (Å²) in [6.45, 7) is 3.79. The summed E-state index contributed by atoms with van der Waals surface area (Å²) in [5, 5.41) is 8.51. The van der Waals surface area contributed by atoms with Crippen molar-refractivity contribution in [1.29, 1.82) is 0 Å². The van der Waals surface area contributed by atoms with Gasteiger partial charge in [0, 0.05) is 25.8 Å². The number of carbonyl (C=O) groups excluding carboxylic acids is 1. The average Bonchev–Trinajstić information content (AvgIpc) is 3.19. The number of aryl methyl sites for hydroxylation is 1. The van der Waals surface area contributed by atoms with Crippen molar-refractivity contribution in [1.82, 2.24) is 14.8 Å². The van der Waals surface area contributed by atoms with Crippen LogP contribution in [0.4, 0.5) is 5.69 Å². The van der Waals surface area contributed by atoms with Gasteiger partial charge >= 0.3 is 0 Å². The van der Waals surface area contributed by atoms with Gasteiger partial charge in [-0.2, -0.15) is 0 Å². The number of nitrogens with zero attached hydrogens (tertiary/aromatic N) is 3. The highest BCUT2D eigenvalue weighted by Gasteiger charge is 2.20. The summed E-state index contributed by atoms with van der Waals surface area (Å²) >= 11 is 15.9. The Balaban J connectivity index is 1.81. The molecule has 0 bridgehead atoms. The molecule has 5 nitrogen and oxygen atoms in total. The van der Waals surface area contributed by atoms with Crippen molar-refractivity contribution in [3.8, 4) is 17.1 Å². The van der Waals surface area contributed by atoms with E-state index < -0.39 is 5.91 Å². The Morgan fingerprint density at radius 3 is 2.52 bits per heavy atom. The predicted molar refractivity (Wildman–Crippen MR) is 128 cm³/mol. The SMILES string of the molecule is Cc1ccc(Cl)cc1-n1nc(C(=O)Nc2cccc(Cl)c2C)nc1-c1ccc(Br)cc1. The molecular formula is C23H17BrCl2N4O. The van der Waals surface area contributed by atoms with E-state index in [9.17, 15) is 4.79 Å². The molecule has 156 valence electrons. The van der Waals surface area contributed by atoms with Gasteiger partial charge in [-0.1, -0.05) is 63.4 Å². The quantitative estimate of drug-likeness (QED) is 0.322. The van der Waals surface area contributed by atoms with Gasteiger partial charge in [-0.05, 0) is 61.4 Å². The molecule has 4 rings (SSSR count). The van der Waals surface area contributed by atoms with E-state index in [-0.39, 0.29) is 5.82 Å². The van der Waals surface area contributed by atoms with Crippen molar-refractivity contribution in [3.63, 3.8) is 0 Å². The first-order chi connectivity index (χ1) is 14.8. The minimum atomic E-state index is -0.429. The lowest BCUT2D eigenvalue weighted by molar-refractivity contribution is 0.101. The number of halogens is 3. The van der Waals surface area contributed by atoms with Crippen LogP contribution in [0.15, 0.2) is 65.1 Å². The summed E-state index contributed by atoms with van der Waals surface area (Å²) in [5.41, 5.74) is 3.89. The second-order valence-corrected chi connectivity index (χ2v) is 8.73. The van der Waals surface area contributed by atoms with Gasteiger partial charge in [-0.25, -0.2) is 9.67 Å². The lowest BCUT2D eigenvalue weighted by atomic mass is 10.2. The van der Waals surface area contributed by atoms with E-state index in [0.717, 1.165) is 26.9 Å². The molecule has 0 aliphatic heterocycles. The van der Waals surface area contributed by atoms with Crippen LogP contribution in [0.2, 0.25) is 10.0 Å². The second kappa shape index (κ2) is 8.83. The number of benzene rings is 3. The number of carbonyl (C=O) groups is 1. The molecule has 4 aromatic rings. The first-order valence-electron chi connectivity index (χ1n) is 9.39. The summed E-state index contributed by atoms with van der Waals surface area (Å²) in [6.07, 6.45) is 0. The number of amides is 1. The zero-order chi connectivity index (χ0) is 22.1. The van der Waals surface area contributed by atoms with E-state index in [1.165, 1.54) is 0 Å². The Morgan fingerprint density at radius 2 is 1.77 bits per heavy atom. The molecule has 1 heterocycles. The van der Waals surface area contributed by atoms with E-state index >= 15 is 0 Å². The molecule has 8 heteroatoms. The van der Waals surface area contributed by atoms with Crippen molar-refractivity contribution in [2.45, 2.75) is 13.8 Å². The van der Waals surface area contributed by atoms with Crippen molar-refractivity contribution < 1.29 is 4.79 Å². The van der Waals surface area contributed by atoms with E-state index in [2.05, 4.69) is 31.3 Å². The van der Waals surface area contributed by atoms with E-state index in [1.807, 2.05) is 50.2 Å². The highest BCUT2D eigenvalue weighted by molar-refractivity contribution is 9.10. The molecule has 1 N–H and O–H groups in total. The van der Waals surface area contributed by atoms with Crippen LogP contribution in [0.3, 0.4) is 0 Å². The number of anilines is 1. The Kier molecular flexibility index (Phi) is 6.14. The Morgan fingerprint density at radius 1 is 1.03 bits per heavy atom. The standard InChI is InChI=1S/C23H17BrCl2N4O/c1-13-6-11-17(25)12-20(13)30-22(15-7-9-16(24)10-8-15)28-21(29-30)23(31)27-19-5-3-4-18(26)14(19)2/h3-12H,1-2H3,(H,27,31). The highest BCUT2D eigenvalue weighted by atomic mass is 79.9. The average molecular weight is 516 g/mol. The summed E-state index contributed by atoms with van der Waals surface area (Å²) in [4.78, 5) is 17.5. The van der Waals surface area contributed by atoms with E-state index in [1.54, 1.807) is 28.9 Å². The van der Waals surface area contributed by atoms with Crippen LogP contribution >= 0.6 is 39.1 Å². The van der Waals surface area contributed by atoms with Gasteiger partial charge < -0.3 is 5.32 Å². The molecule has 1 aromatic heterocycles. The monoisotopic (exact) mass is 514 g/mol. The normalized spacial score (nSPS) is 10.9. The van der Waals surface area contributed by atoms with Gasteiger partial charge in [0.1, 0.15) is 0 Å². The topological polar surface area (TPSA) is 59.8 Å². The van der Waals surface area contributed by atoms with Crippen LogP contribution in [0.1, 0.15) is 21.7 Å². The number of rotatable bonds is 4. The van der Waals surface area contributed by atoms with Crippen molar-refractivity contribution in [3.05, 3.63) is 92.1 Å². The number of hydrogen-bond acceptors (Lipinski definition) is 3. The van der Waals surface area contributed by atoms with Crippen LogP contribution in [-0.2, 0) is 0 Å². The highest BCUT2D eigenvalue weighted by Crippen LogP contribution is 2.27. The van der Waals surface area contributed by atoms with Crippen LogP contribution < -0.4 is 5.32 Å². The minimum absolute atomic E-state index is 0.0386. The fourth-order valence-corrected chi connectivity index (χ4v) is 3.70. The van der Waals surface area contributed by atoms with Gasteiger partial charge in [-0.15, -0.1) is 5.10 Å². The number of aromatic nitrogens is 3. The number of hydrogen-bond donors (Lipinski definition) is 1. The molecule has 0 saturated carbocycles.